The van der Waals surface area contributed by atoms with E-state index in [4.69, 9.17) is 21.7 Å². The first-order chi connectivity index (χ1) is 16.5. The average Bonchev–Trinajstić information content (AvgIpc) is 3.16. The van der Waals surface area contributed by atoms with E-state index < -0.39 is 0 Å². The fraction of sp³-hybridized carbons (Fsp3) is 0.115. The van der Waals surface area contributed by atoms with Gasteiger partial charge in [0.15, 0.2) is 6.61 Å². The van der Waals surface area contributed by atoms with Gasteiger partial charge in [-0.05, 0) is 60.0 Å². The van der Waals surface area contributed by atoms with Gasteiger partial charge in [0.25, 0.3) is 11.8 Å². The third kappa shape index (κ3) is 4.98. The van der Waals surface area contributed by atoms with Gasteiger partial charge in [0.1, 0.15) is 21.6 Å². The molecule has 2 aliphatic rings. The normalized spacial score (nSPS) is 16.3. The molecule has 3 aromatic rings. The summed E-state index contributed by atoms with van der Waals surface area (Å²) in [5, 5.41) is 2.61. The summed E-state index contributed by atoms with van der Waals surface area (Å²) in [5.74, 6) is 1.88. The van der Waals surface area contributed by atoms with E-state index >= 15 is 0 Å². The van der Waals surface area contributed by atoms with E-state index in [-0.39, 0.29) is 18.4 Å². The number of carbonyl (C=O) groups excluding carboxylic acids is 2. The minimum absolute atomic E-state index is 0.00379. The summed E-state index contributed by atoms with van der Waals surface area (Å²) >= 11 is 6.28. The van der Waals surface area contributed by atoms with E-state index in [1.165, 1.54) is 11.8 Å². The fourth-order valence-corrected chi connectivity index (χ4v) is 4.76. The summed E-state index contributed by atoms with van der Waals surface area (Å²) in [5.41, 5.74) is 2.58. The number of anilines is 1. The van der Waals surface area contributed by atoms with Crippen LogP contribution < -0.4 is 19.7 Å². The molecular formula is C26H20N2O4S2. The number of hydrogen-bond donors (Lipinski definition) is 1. The highest BCUT2D eigenvalue weighted by Crippen LogP contribution is 2.35. The molecule has 3 aromatic carbocycles. The molecule has 5 rings (SSSR count). The number of rotatable bonds is 6. The standard InChI is InChI=1S/C26H20N2O4S2/c29-24-16-31-22-11-8-18(15-23-25(30)27-26(33)34-23)14-21(22)28(24)13-12-17-6-9-20(10-7-17)32-19-4-2-1-3-5-19/h1-11,14-15H,12-13,16H2,(H,27,30,33). The lowest BCUT2D eigenvalue weighted by atomic mass is 10.1. The summed E-state index contributed by atoms with van der Waals surface area (Å²) < 4.78 is 11.9. The molecule has 6 nitrogen and oxygen atoms in total. The molecule has 1 N–H and O–H groups in total. The summed E-state index contributed by atoms with van der Waals surface area (Å²) in [6.07, 6.45) is 2.44. The van der Waals surface area contributed by atoms with Gasteiger partial charge in [-0.1, -0.05) is 60.4 Å². The van der Waals surface area contributed by atoms with Crippen LogP contribution in [0.15, 0.2) is 77.7 Å². The lowest BCUT2D eigenvalue weighted by Crippen LogP contribution is -2.40. The van der Waals surface area contributed by atoms with Crippen molar-refractivity contribution in [3.63, 3.8) is 0 Å². The zero-order valence-corrected chi connectivity index (χ0v) is 19.7. The predicted molar refractivity (Wildman–Crippen MR) is 137 cm³/mol. The number of fused-ring (bicyclic) bond motifs is 1. The van der Waals surface area contributed by atoms with Crippen molar-refractivity contribution >= 4 is 51.9 Å². The van der Waals surface area contributed by atoms with Crippen LogP contribution in [-0.4, -0.2) is 29.3 Å². The number of nitrogens with zero attached hydrogens (tertiary/aromatic N) is 1. The van der Waals surface area contributed by atoms with Crippen LogP contribution in [0, 0.1) is 0 Å². The van der Waals surface area contributed by atoms with E-state index in [2.05, 4.69) is 5.32 Å². The Morgan fingerprint density at radius 1 is 1.03 bits per heavy atom. The maximum Gasteiger partial charge on any atom is 0.265 e. The van der Waals surface area contributed by atoms with Crippen molar-refractivity contribution in [2.24, 2.45) is 0 Å². The molecule has 0 unspecified atom stereocenters. The van der Waals surface area contributed by atoms with Crippen molar-refractivity contribution in [1.82, 2.24) is 5.32 Å². The van der Waals surface area contributed by atoms with Gasteiger partial charge in [-0.2, -0.15) is 0 Å². The van der Waals surface area contributed by atoms with Crippen molar-refractivity contribution in [2.45, 2.75) is 6.42 Å². The molecule has 0 aliphatic carbocycles. The highest BCUT2D eigenvalue weighted by Gasteiger charge is 2.26. The van der Waals surface area contributed by atoms with Gasteiger partial charge in [-0.15, -0.1) is 0 Å². The maximum atomic E-state index is 12.7. The van der Waals surface area contributed by atoms with Gasteiger partial charge < -0.3 is 19.7 Å². The fourth-order valence-electron chi connectivity index (χ4n) is 3.72. The monoisotopic (exact) mass is 488 g/mol. The lowest BCUT2D eigenvalue weighted by Gasteiger charge is -2.29. The van der Waals surface area contributed by atoms with Gasteiger partial charge >= 0.3 is 0 Å². The number of thioether (sulfide) groups is 1. The molecule has 1 saturated heterocycles. The Hall–Kier alpha value is -3.62. The highest BCUT2D eigenvalue weighted by atomic mass is 32.2. The molecule has 8 heteroatoms. The number of nitrogens with one attached hydrogen (secondary N) is 1. The predicted octanol–water partition coefficient (Wildman–Crippen LogP) is 4.94. The first kappa shape index (κ1) is 22.2. The van der Waals surface area contributed by atoms with Crippen LogP contribution in [0.5, 0.6) is 17.2 Å². The van der Waals surface area contributed by atoms with Crippen LogP contribution in [-0.2, 0) is 16.0 Å². The Balaban J connectivity index is 1.30. The first-order valence-corrected chi connectivity index (χ1v) is 11.9. The minimum Gasteiger partial charge on any atom is -0.482 e. The van der Waals surface area contributed by atoms with Crippen LogP contribution in [0.4, 0.5) is 5.69 Å². The molecule has 0 bridgehead atoms. The maximum absolute atomic E-state index is 12.7. The number of thiocarbonyl (C=S) groups is 1. The molecule has 0 saturated carbocycles. The van der Waals surface area contributed by atoms with E-state index in [1.54, 1.807) is 11.0 Å². The van der Waals surface area contributed by atoms with Crippen molar-refractivity contribution < 1.29 is 19.1 Å². The second-order valence-corrected chi connectivity index (χ2v) is 9.44. The zero-order chi connectivity index (χ0) is 23.5. The summed E-state index contributed by atoms with van der Waals surface area (Å²) in [6, 6.07) is 23.0. The highest BCUT2D eigenvalue weighted by molar-refractivity contribution is 8.26. The molecule has 0 spiro atoms. The van der Waals surface area contributed by atoms with Gasteiger partial charge in [-0.25, -0.2) is 0 Å². The third-order valence-corrected chi connectivity index (χ3v) is 6.55. The SMILES string of the molecule is O=C1NC(=S)SC1=Cc1ccc2c(c1)N(CCc1ccc(Oc3ccccc3)cc1)C(=O)CO2. The number of hydrogen-bond acceptors (Lipinski definition) is 6. The van der Waals surface area contributed by atoms with Crippen LogP contribution in [0.2, 0.25) is 0 Å². The summed E-state index contributed by atoms with van der Waals surface area (Å²) in [4.78, 5) is 26.9. The number of benzene rings is 3. The van der Waals surface area contributed by atoms with Crippen molar-refractivity contribution in [3.8, 4) is 17.2 Å². The summed E-state index contributed by atoms with van der Waals surface area (Å²) in [7, 11) is 0. The third-order valence-electron chi connectivity index (χ3n) is 5.39. The molecule has 0 atom stereocenters. The molecule has 170 valence electrons. The summed E-state index contributed by atoms with van der Waals surface area (Å²) in [6.45, 7) is 0.511. The van der Waals surface area contributed by atoms with E-state index in [0.29, 0.717) is 33.6 Å². The van der Waals surface area contributed by atoms with Crippen LogP contribution in [0.1, 0.15) is 11.1 Å². The smallest absolute Gasteiger partial charge is 0.265 e. The Morgan fingerprint density at radius 2 is 1.79 bits per heavy atom. The van der Waals surface area contributed by atoms with Crippen LogP contribution >= 0.6 is 24.0 Å². The molecular weight excluding hydrogens is 468 g/mol. The van der Waals surface area contributed by atoms with Gasteiger partial charge in [0, 0.05) is 6.54 Å². The van der Waals surface area contributed by atoms with E-state index in [0.717, 1.165) is 22.6 Å². The largest absolute Gasteiger partial charge is 0.482 e. The number of ether oxygens (including phenoxy) is 2. The van der Waals surface area contributed by atoms with E-state index in [9.17, 15) is 9.59 Å². The van der Waals surface area contributed by atoms with Gasteiger partial charge in [-0.3, -0.25) is 9.59 Å². The molecule has 0 radical (unpaired) electrons. The molecule has 2 aliphatic heterocycles. The molecule has 2 heterocycles. The Morgan fingerprint density at radius 3 is 2.53 bits per heavy atom. The zero-order valence-electron chi connectivity index (χ0n) is 18.0. The second kappa shape index (κ2) is 9.70. The van der Waals surface area contributed by atoms with Crippen LogP contribution in [0.3, 0.4) is 0 Å². The first-order valence-electron chi connectivity index (χ1n) is 10.7. The Labute approximate surface area is 206 Å². The van der Waals surface area contributed by atoms with Crippen LogP contribution in [0.25, 0.3) is 6.08 Å². The number of amides is 2. The molecule has 2 amide bonds. The number of carbonyl (C=O) groups is 2. The van der Waals surface area contributed by atoms with Gasteiger partial charge in [0.2, 0.25) is 0 Å². The molecule has 1 fully saturated rings. The average molecular weight is 489 g/mol. The Kier molecular flexibility index (Phi) is 6.33. The van der Waals surface area contributed by atoms with Crippen molar-refractivity contribution in [2.75, 3.05) is 18.1 Å². The minimum atomic E-state index is -0.211. The van der Waals surface area contributed by atoms with Crippen molar-refractivity contribution in [1.29, 1.82) is 0 Å². The topological polar surface area (TPSA) is 67.9 Å². The quantitative estimate of drug-likeness (QED) is 0.392. The lowest BCUT2D eigenvalue weighted by molar-refractivity contribution is -0.121. The molecule has 0 aromatic heterocycles. The second-order valence-electron chi connectivity index (χ2n) is 7.72. The Bertz CT molecular complexity index is 1290. The molecule has 34 heavy (non-hydrogen) atoms. The van der Waals surface area contributed by atoms with Crippen molar-refractivity contribution in [3.05, 3.63) is 88.8 Å². The van der Waals surface area contributed by atoms with Gasteiger partial charge in [0.05, 0.1) is 10.6 Å². The van der Waals surface area contributed by atoms with E-state index in [1.807, 2.05) is 72.8 Å². The number of para-hydroxylation sites is 1.